The summed E-state index contributed by atoms with van der Waals surface area (Å²) in [5.41, 5.74) is 2.19. The van der Waals surface area contributed by atoms with E-state index in [0.717, 1.165) is 49.4 Å². The third-order valence-corrected chi connectivity index (χ3v) is 5.85. The summed E-state index contributed by atoms with van der Waals surface area (Å²) in [7, 11) is 3.50. The summed E-state index contributed by atoms with van der Waals surface area (Å²) in [6.07, 6.45) is 4.35. The van der Waals surface area contributed by atoms with Gasteiger partial charge in [-0.15, -0.1) is 10.2 Å². The van der Waals surface area contributed by atoms with Crippen molar-refractivity contribution in [2.24, 2.45) is 10.9 Å². The predicted molar refractivity (Wildman–Crippen MR) is 122 cm³/mol. The summed E-state index contributed by atoms with van der Waals surface area (Å²) in [6.45, 7) is 4.74. The number of hydrogen-bond donors (Lipinski definition) is 2. The Kier molecular flexibility index (Phi) is 6.99. The number of hydrogen-bond acceptors (Lipinski definition) is 5. The highest BCUT2D eigenvalue weighted by molar-refractivity contribution is 5.79. The van der Waals surface area contributed by atoms with Crippen LogP contribution in [0.1, 0.15) is 24.2 Å². The van der Waals surface area contributed by atoms with Gasteiger partial charge in [-0.05, 0) is 61.7 Å². The molecule has 0 spiro atoms. The molecular formula is C23H31N7O. The molecule has 4 rings (SSSR count). The van der Waals surface area contributed by atoms with Crippen LogP contribution in [0.4, 0.5) is 0 Å². The summed E-state index contributed by atoms with van der Waals surface area (Å²) in [6, 6.07) is 14.3. The molecule has 0 atom stereocenters. The smallest absolute Gasteiger partial charge is 0.191 e. The van der Waals surface area contributed by atoms with E-state index in [1.54, 1.807) is 14.2 Å². The molecule has 1 fully saturated rings. The van der Waals surface area contributed by atoms with E-state index in [9.17, 15) is 0 Å². The third kappa shape index (κ3) is 5.52. The van der Waals surface area contributed by atoms with Crippen LogP contribution in [0.3, 0.4) is 0 Å². The van der Waals surface area contributed by atoms with Crippen molar-refractivity contribution in [3.8, 4) is 5.75 Å². The number of nitrogens with zero attached hydrogens (tertiary/aromatic N) is 5. The molecule has 8 heteroatoms. The first kappa shape index (κ1) is 21.1. The van der Waals surface area contributed by atoms with Crippen LogP contribution < -0.4 is 15.4 Å². The zero-order valence-electron chi connectivity index (χ0n) is 18.3. The summed E-state index contributed by atoms with van der Waals surface area (Å²) in [5.74, 6) is 3.23. The normalized spacial score (nSPS) is 15.9. The number of pyridine rings is 1. The van der Waals surface area contributed by atoms with Gasteiger partial charge in [0.1, 0.15) is 5.75 Å². The van der Waals surface area contributed by atoms with E-state index >= 15 is 0 Å². The number of guanidine groups is 1. The van der Waals surface area contributed by atoms with Crippen molar-refractivity contribution in [3.63, 3.8) is 0 Å². The molecule has 31 heavy (non-hydrogen) atoms. The monoisotopic (exact) mass is 421 g/mol. The summed E-state index contributed by atoms with van der Waals surface area (Å²) >= 11 is 0. The Balaban J connectivity index is 1.19. The lowest BCUT2D eigenvalue weighted by Crippen LogP contribution is -2.42. The van der Waals surface area contributed by atoms with Crippen LogP contribution in [0.25, 0.3) is 5.65 Å². The van der Waals surface area contributed by atoms with E-state index in [2.05, 4.69) is 42.9 Å². The number of nitrogens with one attached hydrogen (secondary N) is 2. The molecule has 0 saturated carbocycles. The van der Waals surface area contributed by atoms with Gasteiger partial charge in [-0.1, -0.05) is 18.2 Å². The van der Waals surface area contributed by atoms with Crippen molar-refractivity contribution >= 4 is 11.6 Å². The Morgan fingerprint density at radius 3 is 2.65 bits per heavy atom. The standard InChI is InChI=1S/C23H31N7O/c1-24-23(26-16-22-28-27-21-5-3-4-12-30(21)22)25-15-18-10-13-29(14-11-18)17-19-6-8-20(31-2)9-7-19/h3-9,12,18H,10-11,13-17H2,1-2H3,(H2,24,25,26). The fraction of sp³-hybridized carbons (Fsp3) is 0.435. The average molecular weight is 422 g/mol. The highest BCUT2D eigenvalue weighted by Crippen LogP contribution is 2.19. The van der Waals surface area contributed by atoms with Crippen LogP contribution >= 0.6 is 0 Å². The molecule has 0 aliphatic carbocycles. The van der Waals surface area contributed by atoms with Gasteiger partial charge in [0.05, 0.1) is 13.7 Å². The second-order valence-corrected chi connectivity index (χ2v) is 7.92. The van der Waals surface area contributed by atoms with Gasteiger partial charge >= 0.3 is 0 Å². The second kappa shape index (κ2) is 10.3. The molecule has 0 amide bonds. The van der Waals surface area contributed by atoms with E-state index in [4.69, 9.17) is 4.74 Å². The van der Waals surface area contributed by atoms with Crippen LogP contribution in [0.15, 0.2) is 53.7 Å². The first-order chi connectivity index (χ1) is 15.2. The number of rotatable bonds is 7. The number of benzene rings is 1. The molecule has 1 saturated heterocycles. The maximum absolute atomic E-state index is 5.24. The van der Waals surface area contributed by atoms with Gasteiger partial charge in [-0.25, -0.2) is 0 Å². The lowest BCUT2D eigenvalue weighted by atomic mass is 9.96. The average Bonchev–Trinajstić information content (AvgIpc) is 3.24. The molecule has 0 radical (unpaired) electrons. The fourth-order valence-corrected chi connectivity index (χ4v) is 3.97. The predicted octanol–water partition coefficient (Wildman–Crippen LogP) is 2.32. The lowest BCUT2D eigenvalue weighted by molar-refractivity contribution is 0.178. The van der Waals surface area contributed by atoms with Crippen LogP contribution in [0.2, 0.25) is 0 Å². The Morgan fingerprint density at radius 1 is 1.10 bits per heavy atom. The molecule has 2 N–H and O–H groups in total. The van der Waals surface area contributed by atoms with Crippen molar-refractivity contribution in [1.29, 1.82) is 0 Å². The molecule has 1 aromatic carbocycles. The Bertz CT molecular complexity index is 991. The summed E-state index contributed by atoms with van der Waals surface area (Å²) in [4.78, 5) is 6.88. The van der Waals surface area contributed by atoms with Gasteiger partial charge in [0, 0.05) is 26.3 Å². The number of ether oxygens (including phenoxy) is 1. The highest BCUT2D eigenvalue weighted by atomic mass is 16.5. The van der Waals surface area contributed by atoms with Crippen LogP contribution in [0, 0.1) is 5.92 Å². The topological polar surface area (TPSA) is 79.1 Å². The van der Waals surface area contributed by atoms with Crippen molar-refractivity contribution in [2.45, 2.75) is 25.9 Å². The van der Waals surface area contributed by atoms with Crippen molar-refractivity contribution in [1.82, 2.24) is 30.1 Å². The molecule has 1 aliphatic rings. The third-order valence-electron chi connectivity index (χ3n) is 5.85. The molecule has 8 nitrogen and oxygen atoms in total. The molecule has 164 valence electrons. The zero-order valence-corrected chi connectivity index (χ0v) is 18.3. The van der Waals surface area contributed by atoms with Gasteiger partial charge in [0.25, 0.3) is 0 Å². The van der Waals surface area contributed by atoms with Gasteiger partial charge in [-0.2, -0.15) is 0 Å². The number of piperidine rings is 1. The minimum Gasteiger partial charge on any atom is -0.497 e. The summed E-state index contributed by atoms with van der Waals surface area (Å²) in [5, 5.41) is 15.3. The minimum absolute atomic E-state index is 0.575. The van der Waals surface area contributed by atoms with Gasteiger partial charge in [-0.3, -0.25) is 14.3 Å². The number of aromatic nitrogens is 3. The van der Waals surface area contributed by atoms with E-state index in [1.165, 1.54) is 18.4 Å². The second-order valence-electron chi connectivity index (χ2n) is 7.92. The van der Waals surface area contributed by atoms with E-state index in [-0.39, 0.29) is 0 Å². The largest absolute Gasteiger partial charge is 0.497 e. The molecule has 0 bridgehead atoms. The number of likely N-dealkylation sites (tertiary alicyclic amines) is 1. The molecule has 2 aromatic heterocycles. The zero-order chi connectivity index (χ0) is 21.5. The number of methoxy groups -OCH3 is 1. The fourth-order valence-electron chi connectivity index (χ4n) is 3.97. The van der Waals surface area contributed by atoms with Crippen LogP contribution in [0.5, 0.6) is 5.75 Å². The quantitative estimate of drug-likeness (QED) is 0.450. The van der Waals surface area contributed by atoms with Crippen molar-refractivity contribution in [2.75, 3.05) is 33.8 Å². The van der Waals surface area contributed by atoms with Crippen molar-refractivity contribution in [3.05, 3.63) is 60.0 Å². The number of fused-ring (bicyclic) bond motifs is 1. The van der Waals surface area contributed by atoms with Gasteiger partial charge < -0.3 is 15.4 Å². The maximum atomic E-state index is 5.24. The highest BCUT2D eigenvalue weighted by Gasteiger charge is 2.19. The molecule has 3 heterocycles. The number of aliphatic imine (C=N–C) groups is 1. The Hall–Kier alpha value is -3.13. The van der Waals surface area contributed by atoms with E-state index in [0.29, 0.717) is 12.5 Å². The van der Waals surface area contributed by atoms with Crippen LogP contribution in [-0.4, -0.2) is 59.2 Å². The van der Waals surface area contributed by atoms with Crippen molar-refractivity contribution < 1.29 is 4.74 Å². The first-order valence-corrected chi connectivity index (χ1v) is 10.8. The molecular weight excluding hydrogens is 390 g/mol. The summed E-state index contributed by atoms with van der Waals surface area (Å²) < 4.78 is 7.23. The molecule has 3 aromatic rings. The van der Waals surface area contributed by atoms with E-state index in [1.807, 2.05) is 40.9 Å². The molecule has 0 unspecified atom stereocenters. The van der Waals surface area contributed by atoms with Crippen LogP contribution in [-0.2, 0) is 13.1 Å². The minimum atomic E-state index is 0.575. The van der Waals surface area contributed by atoms with E-state index < -0.39 is 0 Å². The van der Waals surface area contributed by atoms with Gasteiger partial charge in [0.15, 0.2) is 17.4 Å². The maximum Gasteiger partial charge on any atom is 0.191 e. The van der Waals surface area contributed by atoms with Gasteiger partial charge in [0.2, 0.25) is 0 Å². The first-order valence-electron chi connectivity index (χ1n) is 10.8. The SMILES string of the molecule is CN=C(NCc1nnc2ccccn12)NCC1CCN(Cc2ccc(OC)cc2)CC1. The lowest BCUT2D eigenvalue weighted by Gasteiger charge is -2.32. The molecule has 1 aliphatic heterocycles. The Labute approximate surface area is 183 Å². The Morgan fingerprint density at radius 2 is 1.90 bits per heavy atom.